The smallest absolute Gasteiger partial charge is 0.113 e. The van der Waals surface area contributed by atoms with E-state index in [4.69, 9.17) is 0 Å². The predicted octanol–water partition coefficient (Wildman–Crippen LogP) is 2.13. The molecule has 0 unspecified atom stereocenters. The first-order chi connectivity index (χ1) is 6.93. The van der Waals surface area contributed by atoms with E-state index in [1.54, 1.807) is 6.20 Å². The molecule has 0 saturated heterocycles. The zero-order valence-corrected chi connectivity index (χ0v) is 7.38. The normalized spacial score (nSPS) is 10.9. The molecule has 2 heterocycles. The molecule has 0 spiro atoms. The summed E-state index contributed by atoms with van der Waals surface area (Å²) in [5, 5.41) is 9.34. The summed E-state index contributed by atoms with van der Waals surface area (Å²) in [7, 11) is 0. The molecule has 0 aromatic heterocycles. The Bertz CT molecular complexity index is 562. The molecule has 0 bridgehead atoms. The van der Waals surface area contributed by atoms with E-state index in [-0.39, 0.29) is 0 Å². The largest absolute Gasteiger partial charge is 0.254 e. The third kappa shape index (κ3) is 1.03. The monoisotopic (exact) mass is 181 g/mol. The second kappa shape index (κ2) is 2.73. The van der Waals surface area contributed by atoms with Crippen LogP contribution in [-0.2, 0) is 0 Å². The fourth-order valence-electron chi connectivity index (χ4n) is 1.49. The maximum Gasteiger partial charge on any atom is 0.113 e. The van der Waals surface area contributed by atoms with Gasteiger partial charge in [0.25, 0.3) is 0 Å². The average molecular weight is 181 g/mol. The van der Waals surface area contributed by atoms with Crippen molar-refractivity contribution in [3.8, 4) is 11.4 Å². The molecule has 1 aromatic carbocycles. The lowest BCUT2D eigenvalue weighted by Crippen LogP contribution is -1.76. The summed E-state index contributed by atoms with van der Waals surface area (Å²) in [6.07, 6.45) is 1.74. The molecule has 0 aliphatic carbocycles. The molecule has 0 fully saturated rings. The first-order valence-electron chi connectivity index (χ1n) is 4.41. The Kier molecular flexibility index (Phi) is 1.44. The average Bonchev–Trinajstić information content (AvgIpc) is 2.58. The molecule has 14 heavy (non-hydrogen) atoms. The van der Waals surface area contributed by atoms with Crippen molar-refractivity contribution in [2.24, 2.45) is 0 Å². The van der Waals surface area contributed by atoms with Gasteiger partial charge >= 0.3 is 0 Å². The Morgan fingerprint density at radius 1 is 0.857 bits per heavy atom. The van der Waals surface area contributed by atoms with Crippen molar-refractivity contribution in [2.75, 3.05) is 0 Å². The quantitative estimate of drug-likeness (QED) is 0.533. The van der Waals surface area contributed by atoms with Gasteiger partial charge in [-0.2, -0.15) is 0 Å². The number of hydrogen-bond acceptors (Lipinski definition) is 3. The third-order valence-corrected chi connectivity index (χ3v) is 2.20. The van der Waals surface area contributed by atoms with Crippen LogP contribution in [0.15, 0.2) is 42.6 Å². The van der Waals surface area contributed by atoms with Gasteiger partial charge in [0.1, 0.15) is 5.69 Å². The van der Waals surface area contributed by atoms with E-state index in [1.807, 2.05) is 36.4 Å². The van der Waals surface area contributed by atoms with Crippen molar-refractivity contribution < 1.29 is 0 Å². The Morgan fingerprint density at radius 2 is 1.79 bits per heavy atom. The van der Waals surface area contributed by atoms with E-state index in [0.717, 1.165) is 22.3 Å². The van der Waals surface area contributed by atoms with Crippen LogP contribution in [0.5, 0.6) is 0 Å². The molecule has 0 N–H and O–H groups in total. The Morgan fingerprint density at radius 3 is 2.79 bits per heavy atom. The van der Waals surface area contributed by atoms with Crippen molar-refractivity contribution in [1.29, 1.82) is 0 Å². The molecule has 3 heteroatoms. The maximum absolute atomic E-state index is 4.21. The van der Waals surface area contributed by atoms with Crippen LogP contribution in [-0.4, -0.2) is 15.2 Å². The second-order valence-corrected chi connectivity index (χ2v) is 3.12. The molecule has 2 aliphatic heterocycles. The zero-order valence-electron chi connectivity index (χ0n) is 7.38. The summed E-state index contributed by atoms with van der Waals surface area (Å²) >= 11 is 0. The molecule has 1 aromatic rings. The summed E-state index contributed by atoms with van der Waals surface area (Å²) in [5.74, 6) is 0. The van der Waals surface area contributed by atoms with Gasteiger partial charge in [-0.15, -0.1) is 10.2 Å². The fraction of sp³-hybridized carbons (Fsp3) is 0. The Balaban J connectivity index is 2.48. The van der Waals surface area contributed by atoms with Gasteiger partial charge in [-0.25, -0.2) is 0 Å². The summed E-state index contributed by atoms with van der Waals surface area (Å²) in [6, 6.07) is 11.8. The number of nitrogens with zero attached hydrogens (tertiary/aromatic N) is 3. The van der Waals surface area contributed by atoms with Gasteiger partial charge in [0, 0.05) is 11.6 Å². The van der Waals surface area contributed by atoms with E-state index in [2.05, 4.69) is 15.2 Å². The number of rotatable bonds is 0. The van der Waals surface area contributed by atoms with Gasteiger partial charge in [0.15, 0.2) is 0 Å². The van der Waals surface area contributed by atoms with Crippen molar-refractivity contribution in [1.82, 2.24) is 15.2 Å². The number of hydrogen-bond donors (Lipinski definition) is 0. The summed E-state index contributed by atoms with van der Waals surface area (Å²) in [4.78, 5) is 4.21. The molecule has 2 aliphatic rings. The lowest BCUT2D eigenvalue weighted by molar-refractivity contribution is 1.10. The summed E-state index contributed by atoms with van der Waals surface area (Å²) in [5.41, 5.74) is 2.62. The van der Waals surface area contributed by atoms with Crippen LogP contribution >= 0.6 is 0 Å². The molecule has 0 atom stereocenters. The van der Waals surface area contributed by atoms with E-state index in [9.17, 15) is 0 Å². The Hall–Kier alpha value is -2.03. The SMILES string of the molecule is c1ccc2nnc3ccnc-3cc2c1. The first kappa shape index (κ1) is 7.38. The molecule has 3 nitrogen and oxygen atoms in total. The molecule has 0 amide bonds. The van der Waals surface area contributed by atoms with Gasteiger partial charge < -0.3 is 0 Å². The van der Waals surface area contributed by atoms with Crippen LogP contribution in [0.4, 0.5) is 0 Å². The number of fused-ring (bicyclic) bond motifs is 2. The highest BCUT2D eigenvalue weighted by Crippen LogP contribution is 2.18. The van der Waals surface area contributed by atoms with Crippen molar-refractivity contribution in [3.05, 3.63) is 42.6 Å². The van der Waals surface area contributed by atoms with Gasteiger partial charge in [-0.3, -0.25) is 4.98 Å². The number of benzene rings is 1. The topological polar surface area (TPSA) is 38.7 Å². The maximum atomic E-state index is 4.21. The van der Waals surface area contributed by atoms with Crippen LogP contribution < -0.4 is 0 Å². The van der Waals surface area contributed by atoms with Crippen molar-refractivity contribution >= 4 is 10.9 Å². The zero-order chi connectivity index (χ0) is 9.38. The molecular formula is C11H7N3. The van der Waals surface area contributed by atoms with E-state index < -0.39 is 0 Å². The molecule has 0 saturated carbocycles. The molecular weight excluding hydrogens is 174 g/mol. The van der Waals surface area contributed by atoms with Crippen LogP contribution in [0, 0.1) is 0 Å². The van der Waals surface area contributed by atoms with Gasteiger partial charge in [-0.05, 0) is 18.2 Å². The van der Waals surface area contributed by atoms with E-state index >= 15 is 0 Å². The van der Waals surface area contributed by atoms with Crippen LogP contribution in [0.3, 0.4) is 0 Å². The van der Waals surface area contributed by atoms with Gasteiger partial charge in [0.05, 0.1) is 11.2 Å². The predicted molar refractivity (Wildman–Crippen MR) is 54.0 cm³/mol. The highest BCUT2D eigenvalue weighted by Gasteiger charge is 2.04. The molecule has 0 radical (unpaired) electrons. The van der Waals surface area contributed by atoms with E-state index in [0.29, 0.717) is 0 Å². The van der Waals surface area contributed by atoms with Gasteiger partial charge in [0.2, 0.25) is 0 Å². The summed E-state index contributed by atoms with van der Waals surface area (Å²) in [6.45, 7) is 0. The minimum Gasteiger partial charge on any atom is -0.254 e. The third-order valence-electron chi connectivity index (χ3n) is 2.20. The van der Waals surface area contributed by atoms with Crippen LogP contribution in [0.2, 0.25) is 0 Å². The van der Waals surface area contributed by atoms with Crippen LogP contribution in [0.25, 0.3) is 22.3 Å². The second-order valence-electron chi connectivity index (χ2n) is 3.12. The molecule has 66 valence electrons. The van der Waals surface area contributed by atoms with Crippen LogP contribution in [0.1, 0.15) is 0 Å². The Labute approximate surface area is 80.8 Å². The first-order valence-corrected chi connectivity index (χ1v) is 4.41. The number of aromatic nitrogens is 3. The van der Waals surface area contributed by atoms with Gasteiger partial charge in [-0.1, -0.05) is 18.2 Å². The van der Waals surface area contributed by atoms with E-state index in [1.165, 1.54) is 0 Å². The highest BCUT2D eigenvalue weighted by atomic mass is 15.1. The standard InChI is InChI=1S/C11H7N3/c1-2-4-9-8(3-1)7-11-10(14-13-9)5-6-12-11/h1-7H. The highest BCUT2D eigenvalue weighted by molar-refractivity contribution is 5.80. The van der Waals surface area contributed by atoms with Crippen molar-refractivity contribution in [3.63, 3.8) is 0 Å². The fourth-order valence-corrected chi connectivity index (χ4v) is 1.49. The summed E-state index contributed by atoms with van der Waals surface area (Å²) < 4.78 is 0. The van der Waals surface area contributed by atoms with Crippen molar-refractivity contribution in [2.45, 2.75) is 0 Å². The minimum absolute atomic E-state index is 0.834. The minimum atomic E-state index is 0.834. The lowest BCUT2D eigenvalue weighted by atomic mass is 10.2. The lowest BCUT2D eigenvalue weighted by Gasteiger charge is -1.86. The molecule has 3 rings (SSSR count).